The minimum Gasteiger partial charge on any atom is -0.353 e. The van der Waals surface area contributed by atoms with Gasteiger partial charge in [0.2, 0.25) is 0 Å². The number of rotatable bonds is 4. The van der Waals surface area contributed by atoms with Gasteiger partial charge in [-0.2, -0.15) is 0 Å². The highest BCUT2D eigenvalue weighted by atomic mass is 15.3. The molecule has 0 amide bonds. The number of anilines is 2. The maximum absolute atomic E-state index is 4.88. The minimum atomic E-state index is 0.321. The molecule has 1 fully saturated rings. The number of piperazine rings is 1. The van der Waals surface area contributed by atoms with Crippen molar-refractivity contribution in [3.05, 3.63) is 53.2 Å². The van der Waals surface area contributed by atoms with Crippen molar-refractivity contribution < 1.29 is 0 Å². The first kappa shape index (κ1) is 20.2. The van der Waals surface area contributed by atoms with Crippen LogP contribution in [0.3, 0.4) is 0 Å². The number of nitrogens with zero attached hydrogens (tertiary/aromatic N) is 7. The second kappa shape index (κ2) is 8.34. The number of pyridine rings is 1. The predicted octanol–water partition coefficient (Wildman–Crippen LogP) is 3.70. The van der Waals surface area contributed by atoms with Gasteiger partial charge in [-0.15, -0.1) is 0 Å². The summed E-state index contributed by atoms with van der Waals surface area (Å²) in [4.78, 5) is 28.1. The molecule has 3 aromatic rings. The molecule has 0 radical (unpaired) electrons. The Morgan fingerprint density at radius 2 is 1.60 bits per heavy atom. The summed E-state index contributed by atoms with van der Waals surface area (Å²) in [5.41, 5.74) is 3.95. The maximum atomic E-state index is 4.88. The molecule has 7 heteroatoms. The lowest BCUT2D eigenvalue weighted by Gasteiger charge is -2.37. The molecule has 0 N–H and O–H groups in total. The van der Waals surface area contributed by atoms with Crippen molar-refractivity contribution in [3.8, 4) is 11.5 Å². The molecule has 3 aromatic heterocycles. The van der Waals surface area contributed by atoms with Crippen molar-refractivity contribution in [1.82, 2.24) is 24.9 Å². The third-order valence-corrected chi connectivity index (χ3v) is 5.54. The van der Waals surface area contributed by atoms with Gasteiger partial charge in [0.1, 0.15) is 23.2 Å². The standard InChI is InChI=1S/C23H29N7/c1-15(2)21-25-16(3)14-20(27-21)29-10-12-30(13-11-29)23-17(4)18(5)26-22(28-23)19-8-6-7-9-24-19/h6-9,14-15H,10-13H2,1-5H3. The van der Waals surface area contributed by atoms with Crippen molar-refractivity contribution in [2.75, 3.05) is 36.0 Å². The molecule has 1 aliphatic rings. The predicted molar refractivity (Wildman–Crippen MR) is 120 cm³/mol. The summed E-state index contributed by atoms with van der Waals surface area (Å²) in [5, 5.41) is 0. The zero-order valence-electron chi connectivity index (χ0n) is 18.4. The first-order valence-corrected chi connectivity index (χ1v) is 10.5. The monoisotopic (exact) mass is 403 g/mol. The fourth-order valence-electron chi connectivity index (χ4n) is 3.67. The highest BCUT2D eigenvalue weighted by molar-refractivity contribution is 5.58. The average molecular weight is 404 g/mol. The molecule has 0 bridgehead atoms. The fourth-order valence-corrected chi connectivity index (χ4v) is 3.67. The molecule has 156 valence electrons. The molecule has 0 aliphatic carbocycles. The summed E-state index contributed by atoms with van der Waals surface area (Å²) in [6, 6.07) is 7.91. The van der Waals surface area contributed by atoms with E-state index in [0.717, 1.165) is 66.3 Å². The van der Waals surface area contributed by atoms with Gasteiger partial charge in [-0.25, -0.2) is 19.9 Å². The minimum absolute atomic E-state index is 0.321. The van der Waals surface area contributed by atoms with Gasteiger partial charge in [0.05, 0.1) is 0 Å². The summed E-state index contributed by atoms with van der Waals surface area (Å²) in [6.07, 6.45) is 1.78. The third-order valence-electron chi connectivity index (χ3n) is 5.54. The first-order valence-electron chi connectivity index (χ1n) is 10.5. The Kier molecular flexibility index (Phi) is 5.61. The summed E-state index contributed by atoms with van der Waals surface area (Å²) < 4.78 is 0. The van der Waals surface area contributed by atoms with Gasteiger partial charge in [0.25, 0.3) is 0 Å². The van der Waals surface area contributed by atoms with Crippen LogP contribution in [0.25, 0.3) is 11.5 Å². The van der Waals surface area contributed by atoms with E-state index in [9.17, 15) is 0 Å². The Labute approximate surface area is 178 Å². The van der Waals surface area contributed by atoms with Crippen LogP contribution >= 0.6 is 0 Å². The molecule has 1 aliphatic heterocycles. The quantitative estimate of drug-likeness (QED) is 0.658. The Morgan fingerprint density at radius 1 is 0.867 bits per heavy atom. The molecule has 0 saturated carbocycles. The molecular weight excluding hydrogens is 374 g/mol. The van der Waals surface area contributed by atoms with E-state index in [1.807, 2.05) is 32.0 Å². The van der Waals surface area contributed by atoms with Crippen LogP contribution in [0.4, 0.5) is 11.6 Å². The van der Waals surface area contributed by atoms with E-state index < -0.39 is 0 Å². The maximum Gasteiger partial charge on any atom is 0.180 e. The van der Waals surface area contributed by atoms with E-state index >= 15 is 0 Å². The van der Waals surface area contributed by atoms with Crippen LogP contribution in [-0.4, -0.2) is 51.1 Å². The van der Waals surface area contributed by atoms with Crippen LogP contribution in [0.1, 0.15) is 42.5 Å². The van der Waals surface area contributed by atoms with E-state index in [4.69, 9.17) is 9.97 Å². The zero-order valence-corrected chi connectivity index (χ0v) is 18.4. The Morgan fingerprint density at radius 3 is 2.27 bits per heavy atom. The van der Waals surface area contributed by atoms with Gasteiger partial charge < -0.3 is 9.80 Å². The Bertz CT molecular complexity index is 1030. The van der Waals surface area contributed by atoms with Crippen LogP contribution in [0, 0.1) is 20.8 Å². The third kappa shape index (κ3) is 4.10. The van der Waals surface area contributed by atoms with Crippen LogP contribution in [0.15, 0.2) is 30.5 Å². The molecule has 1 saturated heterocycles. The highest BCUT2D eigenvalue weighted by Gasteiger charge is 2.23. The molecule has 0 atom stereocenters. The van der Waals surface area contributed by atoms with Gasteiger partial charge >= 0.3 is 0 Å². The van der Waals surface area contributed by atoms with Crippen molar-refractivity contribution >= 4 is 11.6 Å². The SMILES string of the molecule is Cc1cc(N2CCN(c3nc(-c4ccccn4)nc(C)c3C)CC2)nc(C(C)C)n1. The van der Waals surface area contributed by atoms with Crippen LogP contribution < -0.4 is 9.80 Å². The number of hydrogen-bond acceptors (Lipinski definition) is 7. The number of hydrogen-bond donors (Lipinski definition) is 0. The van der Waals surface area contributed by atoms with Gasteiger partial charge in [-0.3, -0.25) is 4.98 Å². The summed E-state index contributed by atoms with van der Waals surface area (Å²) >= 11 is 0. The number of aryl methyl sites for hydroxylation is 2. The van der Waals surface area contributed by atoms with E-state index in [1.165, 1.54) is 0 Å². The molecule has 4 heterocycles. The first-order chi connectivity index (χ1) is 14.4. The highest BCUT2D eigenvalue weighted by Crippen LogP contribution is 2.26. The van der Waals surface area contributed by atoms with Crippen molar-refractivity contribution in [1.29, 1.82) is 0 Å². The summed E-state index contributed by atoms with van der Waals surface area (Å²) in [5.74, 6) is 3.94. The molecule has 7 nitrogen and oxygen atoms in total. The fraction of sp³-hybridized carbons (Fsp3) is 0.435. The molecule has 0 spiro atoms. The Balaban J connectivity index is 1.55. The normalized spacial score (nSPS) is 14.5. The second-order valence-electron chi connectivity index (χ2n) is 8.15. The van der Waals surface area contributed by atoms with E-state index in [2.05, 4.69) is 51.6 Å². The van der Waals surface area contributed by atoms with E-state index in [-0.39, 0.29) is 0 Å². The van der Waals surface area contributed by atoms with Crippen molar-refractivity contribution in [2.45, 2.75) is 40.5 Å². The lowest BCUT2D eigenvalue weighted by Crippen LogP contribution is -2.47. The lowest BCUT2D eigenvalue weighted by atomic mass is 10.2. The summed E-state index contributed by atoms with van der Waals surface area (Å²) in [7, 11) is 0. The Hall–Kier alpha value is -3.09. The van der Waals surface area contributed by atoms with Crippen LogP contribution in [-0.2, 0) is 0 Å². The van der Waals surface area contributed by atoms with E-state index in [0.29, 0.717) is 11.7 Å². The van der Waals surface area contributed by atoms with Crippen molar-refractivity contribution in [3.63, 3.8) is 0 Å². The van der Waals surface area contributed by atoms with Gasteiger partial charge in [0.15, 0.2) is 5.82 Å². The second-order valence-corrected chi connectivity index (χ2v) is 8.15. The molecule has 4 rings (SSSR count). The van der Waals surface area contributed by atoms with Gasteiger partial charge in [-0.1, -0.05) is 19.9 Å². The van der Waals surface area contributed by atoms with Gasteiger partial charge in [-0.05, 0) is 32.9 Å². The topological polar surface area (TPSA) is 70.9 Å². The molecule has 0 unspecified atom stereocenters. The zero-order chi connectivity index (χ0) is 21.3. The van der Waals surface area contributed by atoms with Crippen LogP contribution in [0.5, 0.6) is 0 Å². The lowest BCUT2D eigenvalue weighted by molar-refractivity contribution is 0.633. The van der Waals surface area contributed by atoms with Gasteiger partial charge in [0, 0.05) is 61.3 Å². The van der Waals surface area contributed by atoms with Crippen molar-refractivity contribution in [2.24, 2.45) is 0 Å². The molecular formula is C23H29N7. The van der Waals surface area contributed by atoms with E-state index in [1.54, 1.807) is 6.20 Å². The molecule has 30 heavy (non-hydrogen) atoms. The largest absolute Gasteiger partial charge is 0.353 e. The van der Waals surface area contributed by atoms with Crippen LogP contribution in [0.2, 0.25) is 0 Å². The summed E-state index contributed by atoms with van der Waals surface area (Å²) in [6.45, 7) is 14.0. The number of aromatic nitrogens is 5. The molecule has 0 aromatic carbocycles. The average Bonchev–Trinajstić information content (AvgIpc) is 2.76. The smallest absolute Gasteiger partial charge is 0.180 e.